The van der Waals surface area contributed by atoms with E-state index in [1.54, 1.807) is 4.90 Å². The van der Waals surface area contributed by atoms with Crippen molar-refractivity contribution in [3.63, 3.8) is 0 Å². The molecule has 0 bridgehead atoms. The third-order valence-corrected chi connectivity index (χ3v) is 4.13. The number of likely N-dealkylation sites (tertiary alicyclic amines) is 1. The Morgan fingerprint density at radius 1 is 1.00 bits per heavy atom. The number of carbonyl (C=O) groups is 2. The average molecular weight is 323 g/mol. The second kappa shape index (κ2) is 7.17. The molecular weight excluding hydrogens is 302 g/mol. The third-order valence-electron chi connectivity index (χ3n) is 4.13. The van der Waals surface area contributed by atoms with E-state index in [0.29, 0.717) is 13.0 Å². The van der Waals surface area contributed by atoms with Crippen LogP contribution in [0.5, 0.6) is 0 Å². The number of para-hydroxylation sites is 1. The molecule has 1 atom stereocenters. The fourth-order valence-corrected chi connectivity index (χ4v) is 2.95. The lowest BCUT2D eigenvalue weighted by atomic mass is 10.2. The second-order valence-corrected chi connectivity index (χ2v) is 6.01. The molecule has 5 nitrogen and oxygen atoms in total. The van der Waals surface area contributed by atoms with Crippen LogP contribution in [0, 0.1) is 6.92 Å². The maximum Gasteiger partial charge on any atom is 0.322 e. The highest BCUT2D eigenvalue weighted by Gasteiger charge is 2.34. The van der Waals surface area contributed by atoms with Gasteiger partial charge in [0.25, 0.3) is 0 Å². The highest BCUT2D eigenvalue weighted by molar-refractivity contribution is 5.99. The van der Waals surface area contributed by atoms with E-state index in [4.69, 9.17) is 0 Å². The number of amides is 3. The van der Waals surface area contributed by atoms with Gasteiger partial charge in [-0.3, -0.25) is 4.79 Å². The number of aryl methyl sites for hydroxylation is 1. The molecule has 0 unspecified atom stereocenters. The molecule has 3 rings (SSSR count). The molecule has 1 aliphatic heterocycles. The molecule has 5 heteroatoms. The lowest BCUT2D eigenvalue weighted by molar-refractivity contribution is -0.119. The molecule has 1 fully saturated rings. The van der Waals surface area contributed by atoms with Gasteiger partial charge in [0.1, 0.15) is 6.04 Å². The van der Waals surface area contributed by atoms with Crippen LogP contribution in [-0.4, -0.2) is 29.4 Å². The maximum absolute atomic E-state index is 12.5. The summed E-state index contributed by atoms with van der Waals surface area (Å²) in [4.78, 5) is 26.6. The van der Waals surface area contributed by atoms with Gasteiger partial charge in [-0.2, -0.15) is 0 Å². The van der Waals surface area contributed by atoms with E-state index in [2.05, 4.69) is 10.6 Å². The van der Waals surface area contributed by atoms with Crippen LogP contribution in [0.25, 0.3) is 0 Å². The Balaban J connectivity index is 1.66. The Morgan fingerprint density at radius 3 is 2.50 bits per heavy atom. The van der Waals surface area contributed by atoms with Crippen LogP contribution >= 0.6 is 0 Å². The maximum atomic E-state index is 12.5. The molecule has 1 aliphatic rings. The highest BCUT2D eigenvalue weighted by atomic mass is 16.2. The Morgan fingerprint density at radius 2 is 1.75 bits per heavy atom. The zero-order valence-electron chi connectivity index (χ0n) is 13.7. The first-order chi connectivity index (χ1) is 11.6. The van der Waals surface area contributed by atoms with E-state index in [1.807, 2.05) is 61.5 Å². The van der Waals surface area contributed by atoms with E-state index in [1.165, 1.54) is 0 Å². The van der Waals surface area contributed by atoms with Gasteiger partial charge in [-0.15, -0.1) is 0 Å². The van der Waals surface area contributed by atoms with Gasteiger partial charge in [-0.05, 0) is 49.6 Å². The molecule has 2 aromatic carbocycles. The Hall–Kier alpha value is -2.82. The van der Waals surface area contributed by atoms with Gasteiger partial charge in [0.2, 0.25) is 5.91 Å². The minimum absolute atomic E-state index is 0.141. The van der Waals surface area contributed by atoms with Crippen molar-refractivity contribution in [2.75, 3.05) is 17.2 Å². The summed E-state index contributed by atoms with van der Waals surface area (Å²) in [5.41, 5.74) is 2.56. The smallest absolute Gasteiger partial charge is 0.322 e. The van der Waals surface area contributed by atoms with E-state index in [0.717, 1.165) is 23.4 Å². The fourth-order valence-electron chi connectivity index (χ4n) is 2.95. The van der Waals surface area contributed by atoms with Crippen LogP contribution in [0.15, 0.2) is 54.6 Å². The normalized spacial score (nSPS) is 16.7. The summed E-state index contributed by atoms with van der Waals surface area (Å²) in [5, 5.41) is 5.76. The molecule has 0 saturated carbocycles. The van der Waals surface area contributed by atoms with E-state index in [-0.39, 0.29) is 11.9 Å². The van der Waals surface area contributed by atoms with Crippen molar-refractivity contribution >= 4 is 23.3 Å². The highest BCUT2D eigenvalue weighted by Crippen LogP contribution is 2.21. The molecule has 1 heterocycles. The molecule has 2 aromatic rings. The standard InChI is InChI=1S/C19H21N3O2/c1-14-7-5-10-16(13-14)21-19(24)22-12-6-11-17(22)18(23)20-15-8-3-2-4-9-15/h2-5,7-10,13,17H,6,11-12H2,1H3,(H,20,23)(H,21,24)/t17-/m1/s1. The van der Waals surface area contributed by atoms with Crippen LogP contribution in [0.1, 0.15) is 18.4 Å². The predicted molar refractivity (Wildman–Crippen MR) is 95.0 cm³/mol. The Labute approximate surface area is 141 Å². The fraction of sp³-hybridized carbons (Fsp3) is 0.263. The van der Waals surface area contributed by atoms with Crippen molar-refractivity contribution in [3.8, 4) is 0 Å². The molecular formula is C19H21N3O2. The van der Waals surface area contributed by atoms with Crippen LogP contribution in [0.3, 0.4) is 0 Å². The van der Waals surface area contributed by atoms with Gasteiger partial charge in [-0.25, -0.2) is 4.79 Å². The first-order valence-electron chi connectivity index (χ1n) is 8.14. The lowest BCUT2D eigenvalue weighted by Gasteiger charge is -2.24. The number of rotatable bonds is 3. The minimum atomic E-state index is -0.435. The van der Waals surface area contributed by atoms with Crippen molar-refractivity contribution < 1.29 is 9.59 Å². The molecule has 0 radical (unpaired) electrons. The molecule has 0 aromatic heterocycles. The minimum Gasteiger partial charge on any atom is -0.324 e. The number of urea groups is 1. The van der Waals surface area contributed by atoms with Crippen molar-refractivity contribution in [3.05, 3.63) is 60.2 Å². The van der Waals surface area contributed by atoms with Crippen LogP contribution in [0.4, 0.5) is 16.2 Å². The van der Waals surface area contributed by atoms with Crippen molar-refractivity contribution in [1.29, 1.82) is 0 Å². The first-order valence-corrected chi connectivity index (χ1v) is 8.14. The predicted octanol–water partition coefficient (Wildman–Crippen LogP) is 3.63. The molecule has 24 heavy (non-hydrogen) atoms. The molecule has 1 saturated heterocycles. The Kier molecular flexibility index (Phi) is 4.79. The average Bonchev–Trinajstić information content (AvgIpc) is 3.06. The van der Waals surface area contributed by atoms with Gasteiger partial charge in [0, 0.05) is 17.9 Å². The quantitative estimate of drug-likeness (QED) is 0.906. The van der Waals surface area contributed by atoms with E-state index in [9.17, 15) is 9.59 Å². The monoisotopic (exact) mass is 323 g/mol. The molecule has 3 amide bonds. The van der Waals surface area contributed by atoms with Crippen molar-refractivity contribution in [2.24, 2.45) is 0 Å². The summed E-state index contributed by atoms with van der Waals surface area (Å²) < 4.78 is 0. The summed E-state index contributed by atoms with van der Waals surface area (Å²) in [7, 11) is 0. The number of carbonyl (C=O) groups excluding carboxylic acids is 2. The van der Waals surface area contributed by atoms with Gasteiger partial charge in [0.05, 0.1) is 0 Å². The topological polar surface area (TPSA) is 61.4 Å². The van der Waals surface area contributed by atoms with Crippen LogP contribution in [-0.2, 0) is 4.79 Å². The van der Waals surface area contributed by atoms with Gasteiger partial charge in [0.15, 0.2) is 0 Å². The van der Waals surface area contributed by atoms with Crippen LogP contribution < -0.4 is 10.6 Å². The summed E-state index contributed by atoms with van der Waals surface area (Å²) in [6, 6.07) is 16.3. The lowest BCUT2D eigenvalue weighted by Crippen LogP contribution is -2.45. The van der Waals surface area contributed by atoms with Crippen molar-refractivity contribution in [1.82, 2.24) is 4.90 Å². The van der Waals surface area contributed by atoms with E-state index < -0.39 is 6.04 Å². The summed E-state index contributed by atoms with van der Waals surface area (Å²) in [6.07, 6.45) is 1.51. The summed E-state index contributed by atoms with van der Waals surface area (Å²) >= 11 is 0. The van der Waals surface area contributed by atoms with Gasteiger partial charge >= 0.3 is 6.03 Å². The molecule has 2 N–H and O–H groups in total. The number of nitrogens with one attached hydrogen (secondary N) is 2. The number of nitrogens with zero attached hydrogens (tertiary/aromatic N) is 1. The Bertz CT molecular complexity index is 730. The van der Waals surface area contributed by atoms with E-state index >= 15 is 0 Å². The van der Waals surface area contributed by atoms with Crippen molar-refractivity contribution in [2.45, 2.75) is 25.8 Å². The summed E-state index contributed by atoms with van der Waals surface area (Å²) in [5.74, 6) is -0.141. The zero-order chi connectivity index (χ0) is 16.9. The second-order valence-electron chi connectivity index (χ2n) is 6.01. The zero-order valence-corrected chi connectivity index (χ0v) is 13.7. The number of hydrogen-bond acceptors (Lipinski definition) is 2. The molecule has 0 spiro atoms. The molecule has 0 aliphatic carbocycles. The summed E-state index contributed by atoms with van der Waals surface area (Å²) in [6.45, 7) is 2.56. The SMILES string of the molecule is Cc1cccc(NC(=O)N2CCC[C@@H]2C(=O)Nc2ccccc2)c1. The number of hydrogen-bond donors (Lipinski definition) is 2. The number of benzene rings is 2. The van der Waals surface area contributed by atoms with Gasteiger partial charge < -0.3 is 15.5 Å². The molecule has 124 valence electrons. The third kappa shape index (κ3) is 3.74. The largest absolute Gasteiger partial charge is 0.324 e. The number of anilines is 2. The first kappa shape index (κ1) is 16.1. The van der Waals surface area contributed by atoms with Crippen LogP contribution in [0.2, 0.25) is 0 Å². The van der Waals surface area contributed by atoms with Gasteiger partial charge in [-0.1, -0.05) is 30.3 Å².